The van der Waals surface area contributed by atoms with E-state index in [0.29, 0.717) is 31.0 Å². The van der Waals surface area contributed by atoms with Crippen LogP contribution in [0.15, 0.2) is 59.7 Å². The van der Waals surface area contributed by atoms with Crippen LogP contribution < -0.4 is 5.49 Å². The number of hydrogen-bond acceptors (Lipinski definition) is 2. The first kappa shape index (κ1) is 15.8. The smallest absolute Gasteiger partial charge is 0.253 e. The van der Waals surface area contributed by atoms with E-state index in [1.54, 1.807) is 0 Å². The molecule has 0 N–H and O–H groups in total. The monoisotopic (exact) mass is 335 g/mol. The van der Waals surface area contributed by atoms with Gasteiger partial charge in [0.1, 0.15) is 5.49 Å². The number of hydrogen-bond donors (Lipinski definition) is 0. The summed E-state index contributed by atoms with van der Waals surface area (Å²) in [7, 11) is 0. The minimum atomic E-state index is -0.307. The van der Waals surface area contributed by atoms with Crippen LogP contribution in [0.25, 0.3) is 0 Å². The molecule has 0 radical (unpaired) electrons. The molecular weight excluding hydrogens is 314 g/mol. The maximum atomic E-state index is 12.6. The molecule has 1 unspecified atom stereocenters. The average Bonchev–Trinajstić information content (AvgIpc) is 3.39. The van der Waals surface area contributed by atoms with Crippen LogP contribution in [0.4, 0.5) is 0 Å². The summed E-state index contributed by atoms with van der Waals surface area (Å²) in [4.78, 5) is 30.8. The molecule has 2 heterocycles. The topological polar surface area (TPSA) is 54.7 Å². The number of pyridine rings is 1. The highest BCUT2D eigenvalue weighted by atomic mass is 16.2. The quantitative estimate of drug-likeness (QED) is 0.858. The van der Waals surface area contributed by atoms with Gasteiger partial charge in [-0.15, -0.1) is 0 Å². The van der Waals surface area contributed by atoms with Crippen LogP contribution in [0.3, 0.4) is 0 Å². The number of amides is 2. The van der Waals surface area contributed by atoms with Gasteiger partial charge in [0.2, 0.25) is 5.91 Å². The third-order valence-electron chi connectivity index (χ3n) is 4.83. The molecule has 4 rings (SSSR count). The second kappa shape index (κ2) is 6.67. The molecule has 1 saturated carbocycles. The van der Waals surface area contributed by atoms with Crippen LogP contribution in [-0.2, 0) is 16.1 Å². The molecule has 2 aliphatic rings. The molecule has 1 aliphatic heterocycles. The Bertz CT molecular complexity index is 852. The van der Waals surface area contributed by atoms with E-state index >= 15 is 0 Å². The Labute approximate surface area is 146 Å². The summed E-state index contributed by atoms with van der Waals surface area (Å²) in [5.74, 6) is -0.399. The predicted octanol–water partition coefficient (Wildman–Crippen LogP) is 1.97. The number of carbonyl (C=O) groups is 2. The number of likely N-dealkylation sites (tertiary alicyclic amines) is 1. The molecule has 0 bridgehead atoms. The highest BCUT2D eigenvalue weighted by Gasteiger charge is 2.41. The zero-order valence-corrected chi connectivity index (χ0v) is 14.0. The van der Waals surface area contributed by atoms with Gasteiger partial charge in [0, 0.05) is 31.7 Å². The van der Waals surface area contributed by atoms with Crippen LogP contribution in [-0.4, -0.2) is 33.9 Å². The second-order valence-electron chi connectivity index (χ2n) is 6.80. The van der Waals surface area contributed by atoms with Gasteiger partial charge in [-0.1, -0.05) is 36.4 Å². The maximum Gasteiger partial charge on any atom is 0.253 e. The summed E-state index contributed by atoms with van der Waals surface area (Å²) in [6, 6.07) is 16.1. The van der Waals surface area contributed by atoms with Crippen molar-refractivity contribution in [2.24, 2.45) is 10.9 Å². The van der Waals surface area contributed by atoms with E-state index in [2.05, 4.69) is 17.1 Å². The van der Waals surface area contributed by atoms with E-state index < -0.39 is 0 Å². The highest BCUT2D eigenvalue weighted by molar-refractivity contribution is 5.89. The van der Waals surface area contributed by atoms with E-state index in [0.717, 1.165) is 18.4 Å². The molecule has 2 fully saturated rings. The summed E-state index contributed by atoms with van der Waals surface area (Å²) < 4.78 is 1.96. The van der Waals surface area contributed by atoms with Crippen molar-refractivity contribution < 1.29 is 9.59 Å². The molecule has 25 heavy (non-hydrogen) atoms. The van der Waals surface area contributed by atoms with Gasteiger partial charge in [0.05, 0.1) is 5.92 Å². The standard InChI is InChI=1S/C20H21N3O2/c24-19-12-16(14-23(19)17-9-10-17)20(25)21-18-8-4-5-11-22(18)13-15-6-2-1-3-7-15/h1-8,11,16-17H,9-10,12-14H2. The van der Waals surface area contributed by atoms with E-state index in [-0.39, 0.29) is 17.7 Å². The summed E-state index contributed by atoms with van der Waals surface area (Å²) >= 11 is 0. The van der Waals surface area contributed by atoms with Gasteiger partial charge in [-0.3, -0.25) is 9.59 Å². The summed E-state index contributed by atoms with van der Waals surface area (Å²) in [5, 5.41) is 0. The third-order valence-corrected chi connectivity index (χ3v) is 4.83. The Kier molecular flexibility index (Phi) is 4.22. The molecule has 1 aromatic heterocycles. The van der Waals surface area contributed by atoms with Gasteiger partial charge in [0.25, 0.3) is 5.91 Å². The van der Waals surface area contributed by atoms with Crippen molar-refractivity contribution in [1.29, 1.82) is 0 Å². The van der Waals surface area contributed by atoms with E-state index in [9.17, 15) is 9.59 Å². The lowest BCUT2D eigenvalue weighted by Crippen LogP contribution is -2.29. The first-order valence-corrected chi connectivity index (χ1v) is 8.78. The Balaban J connectivity index is 1.55. The molecule has 1 aliphatic carbocycles. The lowest BCUT2D eigenvalue weighted by atomic mass is 10.1. The fourth-order valence-electron chi connectivity index (χ4n) is 3.32. The van der Waals surface area contributed by atoms with Crippen LogP contribution >= 0.6 is 0 Å². The lowest BCUT2D eigenvalue weighted by Gasteiger charge is -2.14. The average molecular weight is 335 g/mol. The number of aromatic nitrogens is 1. The molecule has 5 heteroatoms. The van der Waals surface area contributed by atoms with Crippen molar-refractivity contribution in [3.63, 3.8) is 0 Å². The molecule has 0 spiro atoms. The lowest BCUT2D eigenvalue weighted by molar-refractivity contribution is -0.128. The number of benzene rings is 1. The van der Waals surface area contributed by atoms with Gasteiger partial charge < -0.3 is 9.47 Å². The zero-order valence-electron chi connectivity index (χ0n) is 14.0. The first-order chi connectivity index (χ1) is 12.2. The van der Waals surface area contributed by atoms with E-state index in [4.69, 9.17) is 0 Å². The van der Waals surface area contributed by atoms with Crippen LogP contribution in [0.2, 0.25) is 0 Å². The van der Waals surface area contributed by atoms with Crippen LogP contribution in [0.5, 0.6) is 0 Å². The summed E-state index contributed by atoms with van der Waals surface area (Å²) in [6.45, 7) is 1.18. The molecule has 2 aromatic rings. The van der Waals surface area contributed by atoms with Crippen molar-refractivity contribution in [3.8, 4) is 0 Å². The second-order valence-corrected chi connectivity index (χ2v) is 6.80. The third kappa shape index (κ3) is 3.55. The molecular formula is C20H21N3O2. The van der Waals surface area contributed by atoms with Gasteiger partial charge >= 0.3 is 0 Å². The van der Waals surface area contributed by atoms with Crippen molar-refractivity contribution in [2.45, 2.75) is 31.8 Å². The number of nitrogens with zero attached hydrogens (tertiary/aromatic N) is 3. The Morgan fingerprint density at radius 3 is 2.60 bits per heavy atom. The molecule has 1 saturated heterocycles. The predicted molar refractivity (Wildman–Crippen MR) is 93.4 cm³/mol. The van der Waals surface area contributed by atoms with Crippen LogP contribution in [0, 0.1) is 5.92 Å². The van der Waals surface area contributed by atoms with Crippen molar-refractivity contribution in [1.82, 2.24) is 9.47 Å². The molecule has 5 nitrogen and oxygen atoms in total. The fourth-order valence-corrected chi connectivity index (χ4v) is 3.32. The fraction of sp³-hybridized carbons (Fsp3) is 0.350. The van der Waals surface area contributed by atoms with E-state index in [1.807, 2.05) is 52.1 Å². The molecule has 1 atom stereocenters. The minimum Gasteiger partial charge on any atom is -0.339 e. The molecule has 1 aromatic carbocycles. The minimum absolute atomic E-state index is 0.0984. The van der Waals surface area contributed by atoms with Gasteiger partial charge in [0.15, 0.2) is 0 Å². The van der Waals surface area contributed by atoms with Gasteiger partial charge in [-0.05, 0) is 30.5 Å². The molecule has 2 amide bonds. The summed E-state index contributed by atoms with van der Waals surface area (Å²) in [6.07, 6.45) is 4.36. The van der Waals surface area contributed by atoms with Crippen LogP contribution in [0.1, 0.15) is 24.8 Å². The van der Waals surface area contributed by atoms with Gasteiger partial charge in [-0.2, -0.15) is 4.99 Å². The Hall–Kier alpha value is -2.69. The van der Waals surface area contributed by atoms with Crippen molar-refractivity contribution >= 4 is 11.8 Å². The van der Waals surface area contributed by atoms with E-state index in [1.165, 1.54) is 0 Å². The Morgan fingerprint density at radius 2 is 1.84 bits per heavy atom. The highest BCUT2D eigenvalue weighted by Crippen LogP contribution is 2.32. The zero-order chi connectivity index (χ0) is 17.2. The van der Waals surface area contributed by atoms with Crippen molar-refractivity contribution in [3.05, 3.63) is 65.8 Å². The normalized spacial score (nSPS) is 21.0. The SMILES string of the molecule is O=C(N=c1ccccn1Cc1ccccc1)C1CC(=O)N(C2CC2)C1. The number of rotatable bonds is 4. The Morgan fingerprint density at radius 1 is 1.08 bits per heavy atom. The maximum absolute atomic E-state index is 12.6. The van der Waals surface area contributed by atoms with Gasteiger partial charge in [-0.25, -0.2) is 0 Å². The first-order valence-electron chi connectivity index (χ1n) is 8.78. The number of carbonyl (C=O) groups excluding carboxylic acids is 2. The van der Waals surface area contributed by atoms with Crippen molar-refractivity contribution in [2.75, 3.05) is 6.54 Å². The summed E-state index contributed by atoms with van der Waals surface area (Å²) in [5.41, 5.74) is 1.78. The largest absolute Gasteiger partial charge is 0.339 e. The molecule has 128 valence electrons.